The first-order valence-corrected chi connectivity index (χ1v) is 10.6. The summed E-state index contributed by atoms with van der Waals surface area (Å²) in [5.74, 6) is 0.464. The van der Waals surface area contributed by atoms with Crippen LogP contribution in [0, 0.1) is 5.92 Å². The summed E-state index contributed by atoms with van der Waals surface area (Å²) in [6, 6.07) is 13.9. The molecule has 146 valence electrons. The van der Waals surface area contributed by atoms with Crippen molar-refractivity contribution in [2.45, 2.75) is 51.5 Å². The molecule has 0 spiro atoms. The van der Waals surface area contributed by atoms with E-state index in [4.69, 9.17) is 0 Å². The molecule has 0 atom stereocenters. The molecule has 0 heterocycles. The number of carbonyl (C=O) groups is 1. The Morgan fingerprint density at radius 1 is 0.889 bits per heavy atom. The van der Waals surface area contributed by atoms with E-state index in [1.54, 1.807) is 36.4 Å². The average Bonchev–Trinajstić information content (AvgIpc) is 2.55. The first kappa shape index (κ1) is 21.0. The second kappa shape index (κ2) is 9.04. The van der Waals surface area contributed by atoms with Crippen LogP contribution in [0.1, 0.15) is 38.8 Å². The highest BCUT2D eigenvalue weighted by atomic mass is 32.2. The molecule has 5 nitrogen and oxygen atoms in total. The molecule has 2 N–H and O–H groups in total. The van der Waals surface area contributed by atoms with Gasteiger partial charge in [-0.2, -0.15) is 0 Å². The van der Waals surface area contributed by atoms with Crippen LogP contribution in [0.2, 0.25) is 0 Å². The molecular formula is C21H28N2O3S. The van der Waals surface area contributed by atoms with E-state index in [1.807, 2.05) is 26.0 Å². The van der Waals surface area contributed by atoms with Crippen molar-refractivity contribution in [1.82, 2.24) is 5.32 Å². The Kier molecular flexibility index (Phi) is 7.02. The first-order valence-electron chi connectivity index (χ1n) is 9.16. The normalized spacial score (nSPS) is 11.6. The topological polar surface area (TPSA) is 75.3 Å². The van der Waals surface area contributed by atoms with Gasteiger partial charge in [-0.15, -0.1) is 0 Å². The lowest BCUT2D eigenvalue weighted by Gasteiger charge is -2.11. The third-order valence-electron chi connectivity index (χ3n) is 3.90. The van der Waals surface area contributed by atoms with Gasteiger partial charge < -0.3 is 5.32 Å². The van der Waals surface area contributed by atoms with Crippen molar-refractivity contribution in [2.75, 3.05) is 4.72 Å². The molecule has 0 aliphatic rings. The summed E-state index contributed by atoms with van der Waals surface area (Å²) in [4.78, 5) is 12.0. The highest BCUT2D eigenvalue weighted by Gasteiger charge is 2.14. The fourth-order valence-corrected chi connectivity index (χ4v) is 3.80. The number of benzene rings is 2. The lowest BCUT2D eigenvalue weighted by Crippen LogP contribution is -2.31. The van der Waals surface area contributed by atoms with Crippen molar-refractivity contribution < 1.29 is 13.2 Å². The summed E-state index contributed by atoms with van der Waals surface area (Å²) in [5.41, 5.74) is 2.41. The number of hydrogen-bond acceptors (Lipinski definition) is 3. The molecule has 27 heavy (non-hydrogen) atoms. The minimum Gasteiger partial charge on any atom is -0.354 e. The van der Waals surface area contributed by atoms with Crippen molar-refractivity contribution >= 4 is 21.6 Å². The second-order valence-corrected chi connectivity index (χ2v) is 9.13. The largest absolute Gasteiger partial charge is 0.354 e. The van der Waals surface area contributed by atoms with E-state index >= 15 is 0 Å². The SMILES string of the molecule is CC(C)Cc1ccc(S(=O)(=O)Nc2ccc(CC(=O)NC(C)C)cc2)cc1. The van der Waals surface area contributed by atoms with E-state index in [0.717, 1.165) is 17.5 Å². The van der Waals surface area contributed by atoms with E-state index in [0.29, 0.717) is 11.6 Å². The Bertz CT molecular complexity index is 855. The predicted molar refractivity (Wildman–Crippen MR) is 109 cm³/mol. The Labute approximate surface area is 162 Å². The van der Waals surface area contributed by atoms with Crippen LogP contribution < -0.4 is 10.0 Å². The average molecular weight is 389 g/mol. The molecule has 2 aromatic rings. The van der Waals surface area contributed by atoms with Gasteiger partial charge in [-0.3, -0.25) is 9.52 Å². The molecule has 0 aliphatic heterocycles. The molecule has 0 saturated heterocycles. The molecule has 0 aromatic heterocycles. The molecule has 2 rings (SSSR count). The first-order chi connectivity index (χ1) is 12.7. The molecular weight excluding hydrogens is 360 g/mol. The van der Waals surface area contributed by atoms with Crippen molar-refractivity contribution in [3.05, 3.63) is 59.7 Å². The summed E-state index contributed by atoms with van der Waals surface area (Å²) in [5, 5.41) is 2.83. The Balaban J connectivity index is 2.03. The van der Waals surface area contributed by atoms with Crippen molar-refractivity contribution in [3.8, 4) is 0 Å². The van der Waals surface area contributed by atoms with E-state index in [9.17, 15) is 13.2 Å². The van der Waals surface area contributed by atoms with Crippen LogP contribution in [-0.2, 0) is 27.7 Å². The van der Waals surface area contributed by atoms with Gasteiger partial charge in [-0.05, 0) is 61.6 Å². The van der Waals surface area contributed by atoms with Crippen LogP contribution in [0.3, 0.4) is 0 Å². The molecule has 6 heteroatoms. The monoisotopic (exact) mass is 388 g/mol. The fourth-order valence-electron chi connectivity index (χ4n) is 2.74. The number of amides is 1. The quantitative estimate of drug-likeness (QED) is 0.723. The van der Waals surface area contributed by atoms with Gasteiger partial charge in [0.1, 0.15) is 0 Å². The van der Waals surface area contributed by atoms with Gasteiger partial charge in [0.25, 0.3) is 10.0 Å². The zero-order valence-electron chi connectivity index (χ0n) is 16.3. The smallest absolute Gasteiger partial charge is 0.261 e. The zero-order chi connectivity index (χ0) is 20.0. The fraction of sp³-hybridized carbons (Fsp3) is 0.381. The summed E-state index contributed by atoms with van der Waals surface area (Å²) in [6.45, 7) is 8.07. The third kappa shape index (κ3) is 6.71. The molecule has 0 unspecified atom stereocenters. The van der Waals surface area contributed by atoms with Crippen LogP contribution in [-0.4, -0.2) is 20.4 Å². The minimum absolute atomic E-state index is 0.0557. The van der Waals surface area contributed by atoms with Crippen molar-refractivity contribution in [1.29, 1.82) is 0 Å². The molecule has 2 aromatic carbocycles. The predicted octanol–water partition coefficient (Wildman–Crippen LogP) is 3.75. The van der Waals surface area contributed by atoms with Crippen LogP contribution in [0.15, 0.2) is 53.4 Å². The minimum atomic E-state index is -3.64. The molecule has 1 amide bonds. The number of rotatable bonds is 8. The molecule has 0 bridgehead atoms. The summed E-state index contributed by atoms with van der Waals surface area (Å²) in [7, 11) is -3.64. The third-order valence-corrected chi connectivity index (χ3v) is 5.30. The molecule has 0 saturated carbocycles. The number of sulfonamides is 1. The highest BCUT2D eigenvalue weighted by Crippen LogP contribution is 2.18. The highest BCUT2D eigenvalue weighted by molar-refractivity contribution is 7.92. The van der Waals surface area contributed by atoms with Gasteiger partial charge in [0, 0.05) is 11.7 Å². The molecule has 0 aliphatic carbocycles. The van der Waals surface area contributed by atoms with E-state index in [1.165, 1.54) is 0 Å². The van der Waals surface area contributed by atoms with Crippen molar-refractivity contribution in [2.24, 2.45) is 5.92 Å². The van der Waals surface area contributed by atoms with Crippen LogP contribution in [0.4, 0.5) is 5.69 Å². The van der Waals surface area contributed by atoms with E-state index in [-0.39, 0.29) is 23.3 Å². The molecule has 0 fully saturated rings. The maximum Gasteiger partial charge on any atom is 0.261 e. The van der Waals surface area contributed by atoms with Gasteiger partial charge in [0.15, 0.2) is 0 Å². The lowest BCUT2D eigenvalue weighted by atomic mass is 10.0. The lowest BCUT2D eigenvalue weighted by molar-refractivity contribution is -0.120. The Hall–Kier alpha value is -2.34. The van der Waals surface area contributed by atoms with Gasteiger partial charge in [-0.25, -0.2) is 8.42 Å². The zero-order valence-corrected chi connectivity index (χ0v) is 17.1. The van der Waals surface area contributed by atoms with Gasteiger partial charge in [0.05, 0.1) is 11.3 Å². The van der Waals surface area contributed by atoms with Crippen LogP contribution >= 0.6 is 0 Å². The molecule has 0 radical (unpaired) electrons. The van der Waals surface area contributed by atoms with E-state index in [2.05, 4.69) is 23.9 Å². The van der Waals surface area contributed by atoms with Crippen LogP contribution in [0.25, 0.3) is 0 Å². The summed E-state index contributed by atoms with van der Waals surface area (Å²) in [6.07, 6.45) is 1.18. The Morgan fingerprint density at radius 2 is 1.44 bits per heavy atom. The van der Waals surface area contributed by atoms with Crippen LogP contribution in [0.5, 0.6) is 0 Å². The van der Waals surface area contributed by atoms with Gasteiger partial charge in [-0.1, -0.05) is 38.1 Å². The van der Waals surface area contributed by atoms with Crippen molar-refractivity contribution in [3.63, 3.8) is 0 Å². The maximum absolute atomic E-state index is 12.5. The number of hydrogen-bond donors (Lipinski definition) is 2. The number of anilines is 1. The maximum atomic E-state index is 12.5. The van der Waals surface area contributed by atoms with Gasteiger partial charge >= 0.3 is 0 Å². The summed E-state index contributed by atoms with van der Waals surface area (Å²) >= 11 is 0. The van der Waals surface area contributed by atoms with E-state index < -0.39 is 10.0 Å². The number of carbonyl (C=O) groups excluding carboxylic acids is 1. The second-order valence-electron chi connectivity index (χ2n) is 7.44. The van der Waals surface area contributed by atoms with Gasteiger partial charge in [0.2, 0.25) is 5.91 Å². The number of nitrogens with one attached hydrogen (secondary N) is 2. The standard InChI is InChI=1S/C21H28N2O3S/c1-15(2)13-17-7-11-20(12-8-17)27(25,26)23-19-9-5-18(6-10-19)14-21(24)22-16(3)4/h5-12,15-16,23H,13-14H2,1-4H3,(H,22,24). The summed E-state index contributed by atoms with van der Waals surface area (Å²) < 4.78 is 27.7. The Morgan fingerprint density at radius 3 is 1.96 bits per heavy atom.